The van der Waals surface area contributed by atoms with Crippen molar-refractivity contribution < 1.29 is 35.9 Å². The second kappa shape index (κ2) is 24.7. The average molecular weight is 1300 g/mol. The predicted molar refractivity (Wildman–Crippen MR) is 401 cm³/mol. The van der Waals surface area contributed by atoms with Crippen molar-refractivity contribution in [2.75, 3.05) is 0 Å². The number of furan rings is 4. The van der Waals surface area contributed by atoms with Gasteiger partial charge < -0.3 is 17.7 Å². The lowest BCUT2D eigenvalue weighted by atomic mass is 10.00. The van der Waals surface area contributed by atoms with Crippen LogP contribution >= 0.6 is 0 Å². The third kappa shape index (κ3) is 10.6. The lowest BCUT2D eigenvalue weighted by Gasteiger charge is -2.04. The number of rotatable bonds is 4. The van der Waals surface area contributed by atoms with Crippen LogP contribution in [0.25, 0.3) is 176 Å². The van der Waals surface area contributed by atoms with Gasteiger partial charge in [0.15, 0.2) is 36.0 Å². The van der Waals surface area contributed by atoms with E-state index < -0.39 is 0 Å². The Balaban J connectivity index is 0.0000000997. The van der Waals surface area contributed by atoms with Crippen LogP contribution in [0.5, 0.6) is 0 Å². The van der Waals surface area contributed by atoms with Gasteiger partial charge in [0.05, 0.1) is 33.3 Å². The molecule has 0 saturated heterocycles. The van der Waals surface area contributed by atoms with Crippen molar-refractivity contribution in [3.8, 4) is 45.0 Å². The molecule has 0 atom stereocenters. The minimum absolute atomic E-state index is 0.833. The van der Waals surface area contributed by atoms with Gasteiger partial charge in [0.2, 0.25) is 22.8 Å². The molecule has 12 heteroatoms. The highest BCUT2D eigenvalue weighted by molar-refractivity contribution is 6.16. The maximum absolute atomic E-state index is 6.35. The predicted octanol–water partition coefficient (Wildman–Crippen LogP) is 19.7. The van der Waals surface area contributed by atoms with Crippen molar-refractivity contribution in [2.45, 2.75) is 27.7 Å². The molecule has 0 aliphatic rings. The van der Waals surface area contributed by atoms with Crippen LogP contribution in [-0.2, 0) is 28.2 Å². The zero-order chi connectivity index (χ0) is 67.9. The first-order valence-electron chi connectivity index (χ1n) is 33.5. The van der Waals surface area contributed by atoms with Crippen LogP contribution in [0.1, 0.15) is 22.3 Å². The molecule has 12 heterocycles. The van der Waals surface area contributed by atoms with Gasteiger partial charge in [0.25, 0.3) is 0 Å². The number of nitrogens with zero attached hydrogens (tertiary/aromatic N) is 8. The Morgan fingerprint density at radius 1 is 0.280 bits per heavy atom. The zero-order valence-electron chi connectivity index (χ0n) is 56.6. The Morgan fingerprint density at radius 3 is 1.13 bits per heavy atom. The Labute approximate surface area is 575 Å². The van der Waals surface area contributed by atoms with E-state index in [1.165, 1.54) is 27.6 Å². The minimum atomic E-state index is 0.833. The highest BCUT2D eigenvalue weighted by atomic mass is 16.3. The molecule has 0 saturated carbocycles. The molecule has 0 fully saturated rings. The van der Waals surface area contributed by atoms with Crippen LogP contribution in [-0.4, -0.2) is 19.9 Å². The summed E-state index contributed by atoms with van der Waals surface area (Å²) in [6.45, 7) is 8.52. The third-order valence-corrected chi connectivity index (χ3v) is 19.6. The lowest BCUT2D eigenvalue weighted by Crippen LogP contribution is -2.30. The molecule has 0 unspecified atom stereocenters. The van der Waals surface area contributed by atoms with Crippen LogP contribution in [0.15, 0.2) is 286 Å². The van der Waals surface area contributed by atoms with Gasteiger partial charge in [-0.2, -0.15) is 0 Å². The van der Waals surface area contributed by atoms with Gasteiger partial charge in [-0.25, -0.2) is 23.3 Å². The Bertz CT molecular complexity index is 5870. The molecule has 0 spiro atoms. The van der Waals surface area contributed by atoms with Crippen molar-refractivity contribution in [3.63, 3.8) is 0 Å². The minimum Gasteiger partial charge on any atom is -0.455 e. The number of pyridine rings is 8. The van der Waals surface area contributed by atoms with E-state index in [4.69, 9.17) is 22.7 Å². The maximum Gasteiger partial charge on any atom is 0.216 e. The fraction of sp³-hybridized carbons (Fsp3) is 0.0909. The number of aromatic nitrogens is 8. The largest absolute Gasteiger partial charge is 0.455 e. The molecular formula is C88H68N8O4+4. The first kappa shape index (κ1) is 60.8. The zero-order valence-corrected chi connectivity index (χ0v) is 56.6. The summed E-state index contributed by atoms with van der Waals surface area (Å²) in [5.74, 6) is 0. The number of hydrogen-bond acceptors (Lipinski definition) is 8. The number of fused-ring (bicyclic) bond motifs is 16. The average Bonchev–Trinajstić information content (AvgIpc) is 1.60. The molecule has 0 radical (unpaired) electrons. The number of hydrogen-bond donors (Lipinski definition) is 0. The molecule has 480 valence electrons. The molecule has 100 heavy (non-hydrogen) atoms. The smallest absolute Gasteiger partial charge is 0.216 e. The van der Waals surface area contributed by atoms with Crippen LogP contribution in [0.3, 0.4) is 0 Å². The molecule has 8 aromatic carbocycles. The second-order valence-corrected chi connectivity index (χ2v) is 25.9. The van der Waals surface area contributed by atoms with Gasteiger partial charge in [0, 0.05) is 139 Å². The van der Waals surface area contributed by atoms with Crippen LogP contribution < -0.4 is 18.3 Å². The van der Waals surface area contributed by atoms with E-state index in [2.05, 4.69) is 266 Å². The summed E-state index contributed by atoms with van der Waals surface area (Å²) in [6.07, 6.45) is 17.5. The normalized spacial score (nSPS) is 11.6. The van der Waals surface area contributed by atoms with E-state index >= 15 is 0 Å². The molecular weight excluding hydrogens is 1230 g/mol. The van der Waals surface area contributed by atoms with E-state index in [1.54, 1.807) is 0 Å². The van der Waals surface area contributed by atoms with Crippen LogP contribution in [0.4, 0.5) is 0 Å². The van der Waals surface area contributed by atoms with Crippen LogP contribution in [0, 0.1) is 27.7 Å². The van der Waals surface area contributed by atoms with Crippen molar-refractivity contribution in [1.82, 2.24) is 19.9 Å². The Hall–Kier alpha value is -12.8. The van der Waals surface area contributed by atoms with E-state index in [0.717, 1.165) is 171 Å². The first-order chi connectivity index (χ1) is 48.9. The lowest BCUT2D eigenvalue weighted by molar-refractivity contribution is -0.660. The summed E-state index contributed by atoms with van der Waals surface area (Å²) < 4.78 is 33.9. The third-order valence-electron chi connectivity index (χ3n) is 19.6. The summed E-state index contributed by atoms with van der Waals surface area (Å²) >= 11 is 0. The Kier molecular flexibility index (Phi) is 15.0. The molecule has 20 aromatic rings. The quantitative estimate of drug-likeness (QED) is 0.160. The highest BCUT2D eigenvalue weighted by Gasteiger charge is 2.25. The molecule has 0 amide bonds. The fourth-order valence-corrected chi connectivity index (χ4v) is 14.4. The number of para-hydroxylation sites is 1. The highest BCUT2D eigenvalue weighted by Crippen LogP contribution is 2.43. The van der Waals surface area contributed by atoms with Crippen molar-refractivity contribution >= 4 is 131 Å². The van der Waals surface area contributed by atoms with Crippen LogP contribution in [0.2, 0.25) is 0 Å². The summed E-state index contributed by atoms with van der Waals surface area (Å²) in [5, 5.41) is 14.6. The first-order valence-corrected chi connectivity index (χ1v) is 33.5. The second-order valence-electron chi connectivity index (χ2n) is 25.9. The van der Waals surface area contributed by atoms with Crippen molar-refractivity contribution in [3.05, 3.63) is 290 Å². The van der Waals surface area contributed by atoms with Gasteiger partial charge >= 0.3 is 0 Å². The molecule has 0 N–H and O–H groups in total. The molecule has 0 aliphatic heterocycles. The SMILES string of the molecule is Cc1ccc2c(oc3cc4ccccc4nc32)c1-c1cccc[n+]1C.Cc1ccc2c(oc3cc4cccnc4cc32)c1-c1cccc[n+]1C.Cc1ccc2c(oc3cc4ccncc4cc32)c1-c1cccc[n+]1C.Cc1ccc2c(oc3cc4cnccc4cc32)c1-c1cccc[n+]1C. The standard InChI is InChI=1S/4C22H17N2O/c1-14-8-9-16-17-13-18-15(6-5-10-23-18)12-20(17)25-22(16)21(14)19-7-3-4-11-24(19)2;1-14-10-11-16-21-19(13-15-7-3-4-8-17(15)23-21)25-22(16)20(14)18-9-5-6-12-24(18)2;1-14-6-7-17-18-11-16-13-23-9-8-15(16)12-20(18)25-22(17)21(14)19-5-3-4-10-24(19)2;1-14-6-7-17-18-11-15-8-9-23-13-16(15)12-20(18)25-22(17)21(14)19-5-3-4-10-24(19)2/h4*3-13H,1-2H3/q4*+1. The van der Waals surface area contributed by atoms with Gasteiger partial charge in [-0.05, 0) is 158 Å². The van der Waals surface area contributed by atoms with Gasteiger partial charge in [0.1, 0.15) is 67.2 Å². The monoisotopic (exact) mass is 1300 g/mol. The molecule has 0 bridgehead atoms. The Morgan fingerprint density at radius 2 is 0.640 bits per heavy atom. The van der Waals surface area contributed by atoms with E-state index in [9.17, 15) is 0 Å². The molecule has 12 nitrogen and oxygen atoms in total. The van der Waals surface area contributed by atoms with Gasteiger partial charge in [-0.3, -0.25) is 15.0 Å². The van der Waals surface area contributed by atoms with Crippen molar-refractivity contribution in [1.29, 1.82) is 0 Å². The number of benzene rings is 8. The molecule has 20 rings (SSSR count). The van der Waals surface area contributed by atoms with Gasteiger partial charge in [-0.15, -0.1) is 0 Å². The maximum atomic E-state index is 6.35. The van der Waals surface area contributed by atoms with E-state index in [0.29, 0.717) is 0 Å². The summed E-state index contributed by atoms with van der Waals surface area (Å²) in [6, 6.07) is 73.3. The number of aryl methyl sites for hydroxylation is 8. The summed E-state index contributed by atoms with van der Waals surface area (Å²) in [4.78, 5) is 17.8. The van der Waals surface area contributed by atoms with E-state index in [1.807, 2.05) is 91.6 Å². The topological polar surface area (TPSA) is 120 Å². The van der Waals surface area contributed by atoms with E-state index in [-0.39, 0.29) is 0 Å². The van der Waals surface area contributed by atoms with Crippen molar-refractivity contribution in [2.24, 2.45) is 28.2 Å². The molecule has 12 aromatic heterocycles. The van der Waals surface area contributed by atoms with Gasteiger partial charge in [-0.1, -0.05) is 66.7 Å². The summed E-state index contributed by atoms with van der Waals surface area (Å²) in [5.41, 5.74) is 24.2. The summed E-state index contributed by atoms with van der Waals surface area (Å²) in [7, 11) is 8.25. The molecule has 0 aliphatic carbocycles. The fourth-order valence-electron chi connectivity index (χ4n) is 14.4.